The molecular weight excluding hydrogens is 260 g/mol. The molecule has 0 aliphatic rings. The van der Waals surface area contributed by atoms with Crippen LogP contribution in [0.25, 0.3) is 0 Å². The van der Waals surface area contributed by atoms with E-state index in [0.717, 1.165) is 0 Å². The van der Waals surface area contributed by atoms with E-state index >= 15 is 0 Å². The number of hydrogen-bond donors (Lipinski definition) is 2. The molecule has 3 nitrogen and oxygen atoms in total. The van der Waals surface area contributed by atoms with Gasteiger partial charge in [0.15, 0.2) is 0 Å². The highest BCUT2D eigenvalue weighted by Crippen LogP contribution is 2.27. The molecule has 1 amide bonds. The number of hydrogen-bond acceptors (Lipinski definition) is 2. The van der Waals surface area contributed by atoms with Crippen molar-refractivity contribution in [2.75, 3.05) is 6.54 Å². The van der Waals surface area contributed by atoms with Gasteiger partial charge in [0.05, 0.1) is 0 Å². The van der Waals surface area contributed by atoms with E-state index in [9.17, 15) is 4.79 Å². The smallest absolute Gasteiger partial charge is 0.220 e. The van der Waals surface area contributed by atoms with Crippen LogP contribution in [0.5, 0.6) is 0 Å². The number of nitrogens with two attached hydrogens (primary N) is 1. The molecule has 0 aliphatic carbocycles. The molecule has 0 radical (unpaired) electrons. The van der Waals surface area contributed by atoms with Gasteiger partial charge in [0.1, 0.15) is 0 Å². The first-order chi connectivity index (χ1) is 8.54. The molecule has 0 aliphatic heterocycles. The first kappa shape index (κ1) is 17.9. The fraction of sp³-hybridized carbons (Fsp3) is 0.533. The maximum Gasteiger partial charge on any atom is 0.220 e. The molecule has 1 aromatic carbocycles. The maximum atomic E-state index is 11.9. The Kier molecular flexibility index (Phi) is 8.44. The van der Waals surface area contributed by atoms with E-state index in [2.05, 4.69) is 31.3 Å². The Morgan fingerprint density at radius 3 is 2.26 bits per heavy atom. The second kappa shape index (κ2) is 8.94. The van der Waals surface area contributed by atoms with Gasteiger partial charge in [-0.2, -0.15) is 0 Å². The van der Waals surface area contributed by atoms with Crippen LogP contribution in [-0.4, -0.2) is 18.5 Å². The van der Waals surface area contributed by atoms with Gasteiger partial charge in [-0.05, 0) is 24.3 Å². The van der Waals surface area contributed by atoms with Crippen LogP contribution < -0.4 is 11.1 Å². The van der Waals surface area contributed by atoms with Crippen molar-refractivity contribution in [3.63, 3.8) is 0 Å². The number of benzene rings is 1. The zero-order chi connectivity index (χ0) is 13.5. The minimum Gasteiger partial charge on any atom is -0.352 e. The fourth-order valence-corrected chi connectivity index (χ4v) is 2.03. The van der Waals surface area contributed by atoms with Gasteiger partial charge in [-0.3, -0.25) is 4.79 Å². The molecule has 108 valence electrons. The van der Waals surface area contributed by atoms with Crippen molar-refractivity contribution in [2.45, 2.75) is 39.2 Å². The topological polar surface area (TPSA) is 55.1 Å². The molecule has 4 heteroatoms. The van der Waals surface area contributed by atoms with Crippen LogP contribution in [0.4, 0.5) is 0 Å². The van der Waals surface area contributed by atoms with Crippen molar-refractivity contribution in [3.8, 4) is 0 Å². The average Bonchev–Trinajstić information content (AvgIpc) is 2.36. The Morgan fingerprint density at radius 2 is 1.79 bits per heavy atom. The number of carbonyl (C=O) groups excluding carboxylic acids is 1. The second-order valence-corrected chi connectivity index (χ2v) is 5.17. The van der Waals surface area contributed by atoms with Crippen LogP contribution in [0.2, 0.25) is 0 Å². The van der Waals surface area contributed by atoms with E-state index in [1.165, 1.54) is 5.56 Å². The van der Waals surface area contributed by atoms with Crippen molar-refractivity contribution in [2.24, 2.45) is 11.7 Å². The molecule has 0 bridgehead atoms. The molecule has 1 rings (SSSR count). The van der Waals surface area contributed by atoms with Gasteiger partial charge < -0.3 is 11.1 Å². The normalized spacial score (nSPS) is 13.5. The molecule has 3 N–H and O–H groups in total. The molecule has 0 fully saturated rings. The second-order valence-electron chi connectivity index (χ2n) is 5.17. The number of halogens is 1. The quantitative estimate of drug-likeness (QED) is 0.844. The first-order valence-corrected chi connectivity index (χ1v) is 6.59. The average molecular weight is 285 g/mol. The molecule has 1 aromatic rings. The molecule has 0 heterocycles. The zero-order valence-electron chi connectivity index (χ0n) is 11.9. The molecule has 0 saturated heterocycles. The Labute approximate surface area is 122 Å². The van der Waals surface area contributed by atoms with Crippen LogP contribution >= 0.6 is 12.4 Å². The Balaban J connectivity index is 0.00000324. The van der Waals surface area contributed by atoms with Gasteiger partial charge in [-0.1, -0.05) is 44.2 Å². The summed E-state index contributed by atoms with van der Waals surface area (Å²) >= 11 is 0. The Bertz CT molecular complexity index is 368. The first-order valence-electron chi connectivity index (χ1n) is 6.59. The summed E-state index contributed by atoms with van der Waals surface area (Å²) in [7, 11) is 0. The van der Waals surface area contributed by atoms with Crippen molar-refractivity contribution >= 4 is 18.3 Å². The number of amides is 1. The molecule has 1 unspecified atom stereocenters. The van der Waals surface area contributed by atoms with Crippen molar-refractivity contribution < 1.29 is 4.79 Å². The van der Waals surface area contributed by atoms with Crippen LogP contribution in [0, 0.1) is 5.92 Å². The molecule has 0 aromatic heterocycles. The summed E-state index contributed by atoms with van der Waals surface area (Å²) in [6.45, 7) is 6.70. The van der Waals surface area contributed by atoms with E-state index in [4.69, 9.17) is 5.73 Å². The maximum absolute atomic E-state index is 11.9. The predicted molar refractivity (Wildman–Crippen MR) is 82.5 cm³/mol. The summed E-state index contributed by atoms with van der Waals surface area (Å²) in [6, 6.07) is 10.3. The standard InChI is InChI=1S/C15H24N2O.ClH/c1-11(2)14(13-7-5-4-6-8-13)9-15(18)17-12(3)10-16;/h4-8,11-12,14H,9-10,16H2,1-3H3,(H,17,18);1H/t12-,14?;/m0./s1. The van der Waals surface area contributed by atoms with Crippen molar-refractivity contribution in [1.82, 2.24) is 5.32 Å². The van der Waals surface area contributed by atoms with E-state index in [1.54, 1.807) is 0 Å². The van der Waals surface area contributed by atoms with Gasteiger partial charge in [0, 0.05) is 19.0 Å². The minimum atomic E-state index is 0. The number of rotatable bonds is 6. The summed E-state index contributed by atoms with van der Waals surface area (Å²) in [5, 5.41) is 2.92. The largest absolute Gasteiger partial charge is 0.352 e. The third-order valence-corrected chi connectivity index (χ3v) is 3.20. The highest BCUT2D eigenvalue weighted by molar-refractivity contribution is 5.85. The molecular formula is C15H25ClN2O. The van der Waals surface area contributed by atoms with E-state index in [1.807, 2.05) is 25.1 Å². The van der Waals surface area contributed by atoms with Gasteiger partial charge in [0.25, 0.3) is 0 Å². The van der Waals surface area contributed by atoms with E-state index in [0.29, 0.717) is 18.9 Å². The number of carbonyl (C=O) groups is 1. The van der Waals surface area contributed by atoms with Crippen molar-refractivity contribution in [1.29, 1.82) is 0 Å². The Hall–Kier alpha value is -1.06. The molecule has 0 spiro atoms. The minimum absolute atomic E-state index is 0. The van der Waals surface area contributed by atoms with Crippen LogP contribution in [0.15, 0.2) is 30.3 Å². The SMILES string of the molecule is CC(C)C(CC(=O)N[C@@H](C)CN)c1ccccc1.Cl. The highest BCUT2D eigenvalue weighted by atomic mass is 35.5. The van der Waals surface area contributed by atoms with E-state index < -0.39 is 0 Å². The zero-order valence-corrected chi connectivity index (χ0v) is 12.7. The van der Waals surface area contributed by atoms with Crippen LogP contribution in [0.1, 0.15) is 38.7 Å². The van der Waals surface area contributed by atoms with Crippen LogP contribution in [0.3, 0.4) is 0 Å². The lowest BCUT2D eigenvalue weighted by Gasteiger charge is -2.22. The lowest BCUT2D eigenvalue weighted by atomic mass is 9.85. The third-order valence-electron chi connectivity index (χ3n) is 3.20. The highest BCUT2D eigenvalue weighted by Gasteiger charge is 2.19. The summed E-state index contributed by atoms with van der Waals surface area (Å²) in [5.41, 5.74) is 6.73. The lowest BCUT2D eigenvalue weighted by molar-refractivity contribution is -0.122. The van der Waals surface area contributed by atoms with E-state index in [-0.39, 0.29) is 30.3 Å². The van der Waals surface area contributed by atoms with Crippen molar-refractivity contribution in [3.05, 3.63) is 35.9 Å². The number of nitrogens with one attached hydrogen (secondary N) is 1. The molecule has 0 saturated carbocycles. The lowest BCUT2D eigenvalue weighted by Crippen LogP contribution is -2.38. The summed E-state index contributed by atoms with van der Waals surface area (Å²) in [6.07, 6.45) is 0.520. The summed E-state index contributed by atoms with van der Waals surface area (Å²) in [5.74, 6) is 0.776. The third kappa shape index (κ3) is 6.08. The predicted octanol–water partition coefficient (Wildman–Crippen LogP) is 2.70. The summed E-state index contributed by atoms with van der Waals surface area (Å²) < 4.78 is 0. The molecule has 19 heavy (non-hydrogen) atoms. The van der Waals surface area contributed by atoms with Gasteiger partial charge in [0.2, 0.25) is 5.91 Å². The van der Waals surface area contributed by atoms with Gasteiger partial charge in [-0.15, -0.1) is 12.4 Å². The monoisotopic (exact) mass is 284 g/mol. The van der Waals surface area contributed by atoms with Gasteiger partial charge >= 0.3 is 0 Å². The fourth-order valence-electron chi connectivity index (χ4n) is 2.03. The summed E-state index contributed by atoms with van der Waals surface area (Å²) in [4.78, 5) is 11.9. The Morgan fingerprint density at radius 1 is 1.21 bits per heavy atom. The molecule has 2 atom stereocenters. The van der Waals surface area contributed by atoms with Gasteiger partial charge in [-0.25, -0.2) is 0 Å². The van der Waals surface area contributed by atoms with Crippen LogP contribution in [-0.2, 0) is 4.79 Å².